The maximum atomic E-state index is 14.5. The van der Waals surface area contributed by atoms with Crippen molar-refractivity contribution in [3.8, 4) is 0 Å². The summed E-state index contributed by atoms with van der Waals surface area (Å²) in [5.41, 5.74) is 3.23. The molecule has 7 nitrogen and oxygen atoms in total. The van der Waals surface area contributed by atoms with Crippen molar-refractivity contribution < 1.29 is 18.0 Å². The molecule has 4 rings (SSSR count). The molecular weight excluding hydrogens is 570 g/mol. The maximum Gasteiger partial charge on any atom is 0.264 e. The summed E-state index contributed by atoms with van der Waals surface area (Å²) in [6.45, 7) is 9.07. The molecule has 4 aromatic carbocycles. The third-order valence-electron chi connectivity index (χ3n) is 7.42. The van der Waals surface area contributed by atoms with E-state index in [4.69, 9.17) is 0 Å². The van der Waals surface area contributed by atoms with Crippen molar-refractivity contribution in [3.05, 3.63) is 131 Å². The average molecular weight is 612 g/mol. The van der Waals surface area contributed by atoms with E-state index < -0.39 is 34.1 Å². The molecule has 0 spiro atoms. The molecule has 0 aliphatic rings. The molecule has 2 amide bonds. The Morgan fingerprint density at radius 2 is 1.30 bits per heavy atom. The van der Waals surface area contributed by atoms with Crippen LogP contribution in [-0.4, -0.2) is 43.3 Å². The SMILES string of the molecule is Cc1cccc(N(CC(=O)N(Cc2ccccc2)C(Cc2ccccc2)C(=O)NC(C)(C)C)S(=O)(=O)c2ccccc2)c1C. The van der Waals surface area contributed by atoms with Crippen LogP contribution in [0.2, 0.25) is 0 Å². The van der Waals surface area contributed by atoms with E-state index in [9.17, 15) is 18.0 Å². The summed E-state index contributed by atoms with van der Waals surface area (Å²) >= 11 is 0. The number of anilines is 1. The van der Waals surface area contributed by atoms with Crippen molar-refractivity contribution in [1.29, 1.82) is 0 Å². The van der Waals surface area contributed by atoms with Crippen molar-refractivity contribution in [2.75, 3.05) is 10.8 Å². The topological polar surface area (TPSA) is 86.8 Å². The van der Waals surface area contributed by atoms with E-state index in [0.29, 0.717) is 5.69 Å². The Bertz CT molecular complexity index is 1670. The highest BCUT2D eigenvalue weighted by Crippen LogP contribution is 2.29. The average Bonchev–Trinajstić information content (AvgIpc) is 2.99. The first-order chi connectivity index (χ1) is 20.9. The van der Waals surface area contributed by atoms with E-state index in [2.05, 4.69) is 5.32 Å². The first kappa shape index (κ1) is 32.5. The van der Waals surface area contributed by atoms with Crippen LogP contribution in [0.15, 0.2) is 114 Å². The first-order valence-electron chi connectivity index (χ1n) is 14.7. The van der Waals surface area contributed by atoms with Gasteiger partial charge in [0.25, 0.3) is 10.0 Å². The van der Waals surface area contributed by atoms with E-state index in [1.54, 1.807) is 30.3 Å². The lowest BCUT2D eigenvalue weighted by atomic mass is 10.0. The fourth-order valence-corrected chi connectivity index (χ4v) is 6.52. The molecule has 44 heavy (non-hydrogen) atoms. The van der Waals surface area contributed by atoms with Gasteiger partial charge in [0, 0.05) is 18.5 Å². The number of carbonyl (C=O) groups is 2. The second kappa shape index (κ2) is 13.9. The smallest absolute Gasteiger partial charge is 0.264 e. The van der Waals surface area contributed by atoms with Crippen molar-refractivity contribution in [3.63, 3.8) is 0 Å². The second-order valence-corrected chi connectivity index (χ2v) is 13.9. The molecule has 1 unspecified atom stereocenters. The van der Waals surface area contributed by atoms with Crippen molar-refractivity contribution in [1.82, 2.24) is 10.2 Å². The fourth-order valence-electron chi connectivity index (χ4n) is 5.03. The van der Waals surface area contributed by atoms with Crippen LogP contribution < -0.4 is 9.62 Å². The summed E-state index contributed by atoms with van der Waals surface area (Å²) in [6, 6.07) is 31.6. The predicted octanol–water partition coefficient (Wildman–Crippen LogP) is 6.05. The Balaban J connectivity index is 1.83. The normalized spacial score (nSPS) is 12.3. The van der Waals surface area contributed by atoms with Gasteiger partial charge in [0.05, 0.1) is 10.6 Å². The van der Waals surface area contributed by atoms with Crippen molar-refractivity contribution in [2.45, 2.75) is 64.1 Å². The number of benzene rings is 4. The number of amides is 2. The minimum atomic E-state index is -4.14. The monoisotopic (exact) mass is 611 g/mol. The summed E-state index contributed by atoms with van der Waals surface area (Å²) in [7, 11) is -4.14. The van der Waals surface area contributed by atoms with E-state index >= 15 is 0 Å². The summed E-state index contributed by atoms with van der Waals surface area (Å²) in [5, 5.41) is 3.05. The van der Waals surface area contributed by atoms with E-state index in [0.717, 1.165) is 22.3 Å². The Hall–Kier alpha value is -4.43. The first-order valence-corrected chi connectivity index (χ1v) is 16.1. The van der Waals surface area contributed by atoms with Crippen LogP contribution in [0.25, 0.3) is 0 Å². The molecule has 0 saturated carbocycles. The van der Waals surface area contributed by atoms with Gasteiger partial charge >= 0.3 is 0 Å². The van der Waals surface area contributed by atoms with Crippen LogP contribution >= 0.6 is 0 Å². The van der Waals surface area contributed by atoms with Gasteiger partial charge in [-0.25, -0.2) is 8.42 Å². The van der Waals surface area contributed by atoms with Gasteiger partial charge in [-0.05, 0) is 75.1 Å². The number of nitrogens with zero attached hydrogens (tertiary/aromatic N) is 2. The van der Waals surface area contributed by atoms with Gasteiger partial charge < -0.3 is 10.2 Å². The summed E-state index contributed by atoms with van der Waals surface area (Å²) < 4.78 is 29.5. The van der Waals surface area contributed by atoms with Gasteiger partial charge in [-0.1, -0.05) is 91.0 Å². The van der Waals surface area contributed by atoms with Crippen LogP contribution in [0.4, 0.5) is 5.69 Å². The minimum Gasteiger partial charge on any atom is -0.350 e. The van der Waals surface area contributed by atoms with Gasteiger partial charge in [0.2, 0.25) is 11.8 Å². The number of sulfonamides is 1. The lowest BCUT2D eigenvalue weighted by Gasteiger charge is -2.35. The molecule has 0 aliphatic carbocycles. The van der Waals surface area contributed by atoms with Crippen molar-refractivity contribution in [2.24, 2.45) is 0 Å². The zero-order valence-corrected chi connectivity index (χ0v) is 26.8. The molecule has 4 aromatic rings. The highest BCUT2D eigenvalue weighted by atomic mass is 32.2. The zero-order chi connectivity index (χ0) is 31.9. The molecule has 0 saturated heterocycles. The lowest BCUT2D eigenvalue weighted by molar-refractivity contribution is -0.140. The largest absolute Gasteiger partial charge is 0.350 e. The summed E-state index contributed by atoms with van der Waals surface area (Å²) in [4.78, 5) is 30.1. The number of carbonyl (C=O) groups excluding carboxylic acids is 2. The molecule has 0 aliphatic heterocycles. The van der Waals surface area contributed by atoms with Gasteiger partial charge in [-0.3, -0.25) is 13.9 Å². The number of rotatable bonds is 11. The second-order valence-electron chi connectivity index (χ2n) is 12.0. The summed E-state index contributed by atoms with van der Waals surface area (Å²) in [5.74, 6) is -0.797. The Labute approximate surface area is 261 Å². The molecule has 230 valence electrons. The van der Waals surface area contributed by atoms with Crippen LogP contribution in [0.3, 0.4) is 0 Å². The number of hydrogen-bond acceptors (Lipinski definition) is 4. The zero-order valence-electron chi connectivity index (χ0n) is 26.0. The van der Waals surface area contributed by atoms with Crippen molar-refractivity contribution >= 4 is 27.5 Å². The Morgan fingerprint density at radius 1 is 0.750 bits per heavy atom. The molecule has 0 fully saturated rings. The standard InChI is InChI=1S/C36H41N3O4S/c1-27-16-15-23-32(28(27)2)39(44(42,43)31-21-13-8-14-22-31)26-34(40)38(25-30-19-11-7-12-20-30)33(35(41)37-36(3,4)5)24-29-17-9-6-10-18-29/h6-23,33H,24-26H2,1-5H3,(H,37,41). The number of nitrogens with one attached hydrogen (secondary N) is 1. The molecule has 8 heteroatoms. The molecular formula is C36H41N3O4S. The molecule has 1 atom stereocenters. The Kier molecular flexibility index (Phi) is 10.3. The van der Waals surface area contributed by atoms with E-state index in [1.807, 2.05) is 101 Å². The molecule has 0 aromatic heterocycles. The molecule has 1 N–H and O–H groups in total. The van der Waals surface area contributed by atoms with Crippen LogP contribution in [-0.2, 0) is 32.6 Å². The highest BCUT2D eigenvalue weighted by molar-refractivity contribution is 7.92. The fraction of sp³-hybridized carbons (Fsp3) is 0.278. The van der Waals surface area contributed by atoms with Gasteiger partial charge in [-0.2, -0.15) is 0 Å². The molecule has 0 bridgehead atoms. The third kappa shape index (κ3) is 8.14. The van der Waals surface area contributed by atoms with Gasteiger partial charge in [0.15, 0.2) is 0 Å². The Morgan fingerprint density at radius 3 is 1.86 bits per heavy atom. The minimum absolute atomic E-state index is 0.0784. The molecule has 0 radical (unpaired) electrons. The predicted molar refractivity (Wildman–Crippen MR) is 176 cm³/mol. The number of aryl methyl sites for hydroxylation is 1. The highest BCUT2D eigenvalue weighted by Gasteiger charge is 2.36. The van der Waals surface area contributed by atoms with Crippen LogP contribution in [0.1, 0.15) is 43.0 Å². The summed E-state index contributed by atoms with van der Waals surface area (Å²) in [6.07, 6.45) is 0.260. The number of hydrogen-bond donors (Lipinski definition) is 1. The van der Waals surface area contributed by atoms with Crippen LogP contribution in [0, 0.1) is 13.8 Å². The lowest BCUT2D eigenvalue weighted by Crippen LogP contribution is -2.56. The van der Waals surface area contributed by atoms with Gasteiger partial charge in [-0.15, -0.1) is 0 Å². The molecule has 0 heterocycles. The van der Waals surface area contributed by atoms with Crippen LogP contribution in [0.5, 0.6) is 0 Å². The third-order valence-corrected chi connectivity index (χ3v) is 9.19. The van der Waals surface area contributed by atoms with Gasteiger partial charge in [0.1, 0.15) is 12.6 Å². The quantitative estimate of drug-likeness (QED) is 0.224. The maximum absolute atomic E-state index is 14.5. The van der Waals surface area contributed by atoms with E-state index in [-0.39, 0.29) is 23.8 Å². The van der Waals surface area contributed by atoms with E-state index in [1.165, 1.54) is 21.3 Å².